The molecule has 3 aliphatic rings. The summed E-state index contributed by atoms with van der Waals surface area (Å²) in [7, 11) is 0. The number of benzene rings is 4. The molecule has 0 radical (unpaired) electrons. The molecule has 42 heavy (non-hydrogen) atoms. The van der Waals surface area contributed by atoms with E-state index in [2.05, 4.69) is 0 Å². The van der Waals surface area contributed by atoms with Crippen molar-refractivity contribution in [3.63, 3.8) is 0 Å². The highest BCUT2D eigenvalue weighted by atomic mass is 16.6. The van der Waals surface area contributed by atoms with Crippen molar-refractivity contribution in [3.8, 4) is 57.5 Å². The second-order valence-corrected chi connectivity index (χ2v) is 10.4. The third-order valence-electron chi connectivity index (χ3n) is 7.98. The summed E-state index contributed by atoms with van der Waals surface area (Å²) in [5.41, 5.74) is -1.50. The van der Waals surface area contributed by atoms with Crippen LogP contribution in [0, 0.1) is 0 Å². The van der Waals surface area contributed by atoms with E-state index in [9.17, 15) is 45.6 Å². The maximum absolute atomic E-state index is 14.0. The number of aliphatic hydroxyl groups excluding tert-OH is 1. The van der Waals surface area contributed by atoms with Crippen LogP contribution in [0.1, 0.15) is 40.0 Å². The van der Waals surface area contributed by atoms with Crippen LogP contribution in [0.15, 0.2) is 54.6 Å². The average molecular weight is 574 g/mol. The molecule has 4 aromatic carbocycles. The molecule has 0 aromatic heterocycles. The van der Waals surface area contributed by atoms with Crippen LogP contribution in [0.2, 0.25) is 0 Å². The summed E-state index contributed by atoms with van der Waals surface area (Å²) in [6.45, 7) is 0. The smallest absolute Gasteiger partial charge is 0.331 e. The summed E-state index contributed by atoms with van der Waals surface area (Å²) in [6, 6.07) is 11.1. The molecule has 7 rings (SSSR count). The molecule has 0 aliphatic carbocycles. The molecule has 3 heterocycles. The number of hydrogen-bond acceptors (Lipinski definition) is 12. The third kappa shape index (κ3) is 3.29. The summed E-state index contributed by atoms with van der Waals surface area (Å²) in [6.07, 6.45) is -3.70. The van der Waals surface area contributed by atoms with Crippen LogP contribution >= 0.6 is 0 Å². The van der Waals surface area contributed by atoms with E-state index in [1.807, 2.05) is 0 Å². The van der Waals surface area contributed by atoms with Crippen LogP contribution in [-0.2, 0) is 16.6 Å². The van der Waals surface area contributed by atoms with E-state index in [-0.39, 0.29) is 57.4 Å². The van der Waals surface area contributed by atoms with Crippen molar-refractivity contribution in [1.82, 2.24) is 0 Å². The van der Waals surface area contributed by atoms with Crippen molar-refractivity contribution in [2.75, 3.05) is 0 Å². The van der Waals surface area contributed by atoms with Crippen LogP contribution in [0.5, 0.6) is 57.5 Å². The van der Waals surface area contributed by atoms with E-state index in [0.717, 1.165) is 12.1 Å². The molecule has 8 N–H and O–H groups in total. The van der Waals surface area contributed by atoms with E-state index >= 15 is 0 Å². The lowest BCUT2D eigenvalue weighted by Gasteiger charge is -2.32. The summed E-state index contributed by atoms with van der Waals surface area (Å²) >= 11 is 0. The van der Waals surface area contributed by atoms with E-state index < -0.39 is 58.4 Å². The van der Waals surface area contributed by atoms with Gasteiger partial charge in [-0.1, -0.05) is 12.1 Å². The Bertz CT molecular complexity index is 1830. The quantitative estimate of drug-likeness (QED) is 0.0988. The van der Waals surface area contributed by atoms with Crippen molar-refractivity contribution in [2.45, 2.75) is 30.1 Å². The number of rotatable bonds is 2. The topological polar surface area (TPSA) is 207 Å². The van der Waals surface area contributed by atoms with Crippen LogP contribution < -0.4 is 14.2 Å². The van der Waals surface area contributed by atoms with Crippen molar-refractivity contribution in [2.24, 2.45) is 0 Å². The summed E-state index contributed by atoms with van der Waals surface area (Å²) in [5.74, 6) is -4.19. The minimum atomic E-state index is -2.05. The third-order valence-corrected chi connectivity index (χ3v) is 7.98. The van der Waals surface area contributed by atoms with Crippen molar-refractivity contribution < 1.29 is 59.9 Å². The zero-order valence-corrected chi connectivity index (χ0v) is 21.3. The second-order valence-electron chi connectivity index (χ2n) is 10.4. The number of ether oxygens (including phenoxy) is 3. The van der Waals surface area contributed by atoms with Crippen molar-refractivity contribution in [1.29, 1.82) is 0 Å². The number of carbonyl (C=O) groups excluding carboxylic acids is 1. The molecule has 3 aliphatic heterocycles. The molecule has 12 heteroatoms. The monoisotopic (exact) mass is 574 g/mol. The average Bonchev–Trinajstić information content (AvgIpc) is 3.43. The first-order chi connectivity index (χ1) is 20.0. The fraction of sp³-hybridized carbons (Fsp3) is 0.167. The number of phenolic OH excluding ortho intramolecular Hbond substituents is 7. The van der Waals surface area contributed by atoms with Crippen LogP contribution in [0.25, 0.3) is 0 Å². The minimum absolute atomic E-state index is 0.0758. The fourth-order valence-corrected chi connectivity index (χ4v) is 6.18. The molecule has 0 unspecified atom stereocenters. The van der Waals surface area contributed by atoms with Crippen LogP contribution in [0.4, 0.5) is 0 Å². The van der Waals surface area contributed by atoms with Gasteiger partial charge >= 0.3 is 5.97 Å². The maximum Gasteiger partial charge on any atom is 0.331 e. The Morgan fingerprint density at radius 2 is 1.31 bits per heavy atom. The van der Waals surface area contributed by atoms with Gasteiger partial charge in [-0.3, -0.25) is 4.79 Å². The van der Waals surface area contributed by atoms with E-state index in [1.54, 1.807) is 0 Å². The Morgan fingerprint density at radius 3 is 2.00 bits per heavy atom. The highest BCUT2D eigenvalue weighted by molar-refractivity contribution is 6.00. The molecule has 0 saturated carbocycles. The van der Waals surface area contributed by atoms with E-state index in [1.165, 1.54) is 42.5 Å². The Hall–Kier alpha value is -5.49. The molecule has 214 valence electrons. The molecule has 0 saturated heterocycles. The molecule has 12 nitrogen and oxygen atoms in total. The zero-order chi connectivity index (χ0) is 29.7. The predicted octanol–water partition coefficient (Wildman–Crippen LogP) is 3.00. The Labute approximate surface area is 236 Å². The lowest BCUT2D eigenvalue weighted by Crippen LogP contribution is -2.39. The maximum atomic E-state index is 14.0. The van der Waals surface area contributed by atoms with Gasteiger partial charge in [0, 0.05) is 30.2 Å². The van der Waals surface area contributed by atoms with Crippen molar-refractivity contribution in [3.05, 3.63) is 82.4 Å². The number of carbonyl (C=O) groups is 1. The number of fused-ring (bicyclic) bond motifs is 6. The van der Waals surface area contributed by atoms with Crippen LogP contribution in [-0.4, -0.2) is 52.9 Å². The van der Waals surface area contributed by atoms with E-state index in [4.69, 9.17) is 14.2 Å². The van der Waals surface area contributed by atoms with E-state index in [0.29, 0.717) is 5.56 Å². The highest BCUT2D eigenvalue weighted by Gasteiger charge is 2.66. The molecule has 0 bridgehead atoms. The Balaban J connectivity index is 1.43. The molecular formula is C30H22O12. The van der Waals surface area contributed by atoms with Gasteiger partial charge in [-0.05, 0) is 35.4 Å². The first-order valence-electron chi connectivity index (χ1n) is 12.7. The molecular weight excluding hydrogens is 552 g/mol. The summed E-state index contributed by atoms with van der Waals surface area (Å²) in [5, 5.41) is 83.4. The number of aromatic hydroxyl groups is 7. The summed E-state index contributed by atoms with van der Waals surface area (Å²) < 4.78 is 17.8. The SMILES string of the molecule is O=C1Oc2c3c(cc(O)c2[C@@]12c1c(O)cc(O)cc1O[C@@H]2c1ccc(O)c(O)c1)O[C@@H](c1ccc(O)c(O)c1)[C@H](O)C3. The van der Waals surface area contributed by atoms with Gasteiger partial charge in [-0.2, -0.15) is 0 Å². The predicted molar refractivity (Wildman–Crippen MR) is 140 cm³/mol. The first kappa shape index (κ1) is 25.5. The van der Waals surface area contributed by atoms with Gasteiger partial charge in [0.1, 0.15) is 46.7 Å². The molecule has 0 amide bonds. The Kier molecular flexibility index (Phi) is 5.16. The van der Waals surface area contributed by atoms with Gasteiger partial charge in [0.15, 0.2) is 28.4 Å². The molecule has 0 fully saturated rings. The normalized spacial score (nSPS) is 23.5. The van der Waals surface area contributed by atoms with Crippen molar-refractivity contribution >= 4 is 5.97 Å². The fourth-order valence-electron chi connectivity index (χ4n) is 6.18. The van der Waals surface area contributed by atoms with Gasteiger partial charge in [0.05, 0.1) is 17.2 Å². The lowest BCUT2D eigenvalue weighted by molar-refractivity contribution is -0.139. The largest absolute Gasteiger partial charge is 0.508 e. The lowest BCUT2D eigenvalue weighted by atomic mass is 9.69. The van der Waals surface area contributed by atoms with Gasteiger partial charge in [0.2, 0.25) is 0 Å². The van der Waals surface area contributed by atoms with Gasteiger partial charge in [0.25, 0.3) is 0 Å². The first-order valence-corrected chi connectivity index (χ1v) is 12.7. The second kappa shape index (κ2) is 8.51. The van der Waals surface area contributed by atoms with Gasteiger partial charge < -0.3 is 55.1 Å². The molecule has 4 atom stereocenters. The van der Waals surface area contributed by atoms with Gasteiger partial charge in [-0.15, -0.1) is 0 Å². The molecule has 1 spiro atoms. The molecule has 4 aromatic rings. The standard InChI is InChI=1S/C30H22O12/c31-13-7-19(36)24-23(8-13)41-28(12-2-4-16(33)18(35)6-12)30(24)25-20(37)10-22-14(27(25)42-29(30)39)9-21(38)26(40-22)11-1-3-15(32)17(34)5-11/h1-8,10,21,26,28,31-38H,9H2/t21-,26+,28-,30-/m1/s1. The highest BCUT2D eigenvalue weighted by Crippen LogP contribution is 2.66. The summed E-state index contributed by atoms with van der Waals surface area (Å²) in [4.78, 5) is 14.0. The van der Waals surface area contributed by atoms with Crippen LogP contribution in [0.3, 0.4) is 0 Å². The van der Waals surface area contributed by atoms with Gasteiger partial charge in [-0.25, -0.2) is 0 Å². The Morgan fingerprint density at radius 1 is 0.667 bits per heavy atom. The number of hydrogen-bond donors (Lipinski definition) is 8. The minimum Gasteiger partial charge on any atom is -0.508 e. The number of esters is 1. The zero-order valence-electron chi connectivity index (χ0n) is 21.3. The number of phenols is 7. The number of aliphatic hydroxyl groups is 1.